The summed E-state index contributed by atoms with van der Waals surface area (Å²) in [6, 6.07) is 14.3. The molecule has 2 aliphatic heterocycles. The third-order valence-corrected chi connectivity index (χ3v) is 6.36. The number of fused-ring (bicyclic) bond motifs is 1. The van der Waals surface area contributed by atoms with Crippen molar-refractivity contribution in [1.82, 2.24) is 25.1 Å². The number of benzene rings is 2. The molecule has 1 N–H and O–H groups in total. The van der Waals surface area contributed by atoms with Gasteiger partial charge in [0.2, 0.25) is 11.8 Å². The van der Waals surface area contributed by atoms with E-state index in [1.807, 2.05) is 37.3 Å². The minimum Gasteiger partial charge on any atom is -0.333 e. The first-order valence-corrected chi connectivity index (χ1v) is 11.0. The number of likely N-dealkylation sites (N-methyl/N-ethyl adjacent to an activating group) is 1. The van der Waals surface area contributed by atoms with Crippen molar-refractivity contribution in [2.45, 2.75) is 38.6 Å². The predicted octanol–water partition coefficient (Wildman–Crippen LogP) is 2.34. The van der Waals surface area contributed by atoms with Gasteiger partial charge in [-0.05, 0) is 37.1 Å². The zero-order valence-corrected chi connectivity index (χ0v) is 18.9. The Balaban J connectivity index is 1.57. The van der Waals surface area contributed by atoms with E-state index in [2.05, 4.69) is 5.32 Å². The topological polar surface area (TPSA) is 76.2 Å². The second-order valence-electron chi connectivity index (χ2n) is 8.48. The molecule has 4 rings (SSSR count). The molecule has 8 nitrogen and oxygen atoms in total. The number of hydrogen-bond donors (Lipinski definition) is 1. The van der Waals surface area contributed by atoms with E-state index < -0.39 is 18.2 Å². The largest absolute Gasteiger partial charge is 0.334 e. The molecular weight excluding hydrogens is 425 g/mol. The summed E-state index contributed by atoms with van der Waals surface area (Å²) in [5.74, 6) is -0.686. The van der Waals surface area contributed by atoms with Gasteiger partial charge in [0.15, 0.2) is 0 Å². The molecule has 174 valence electrons. The van der Waals surface area contributed by atoms with Gasteiger partial charge in [0.1, 0.15) is 18.0 Å². The molecule has 0 aliphatic carbocycles. The summed E-state index contributed by atoms with van der Waals surface area (Å²) in [5, 5.41) is 5.93. The Bertz CT molecular complexity index is 1030. The summed E-state index contributed by atoms with van der Waals surface area (Å²) in [5.41, 5.74) is 1.73. The maximum atomic E-state index is 13.2. The van der Waals surface area contributed by atoms with Gasteiger partial charge in [0, 0.05) is 13.6 Å². The van der Waals surface area contributed by atoms with E-state index >= 15 is 0 Å². The SMILES string of the molecule is C[C@@H](c1ccccc1)N1C[C@H]2N(C(=O)CN(C)N2C(=O)NCc2ccc(F)cc2)[C@@H](C)C1=O. The highest BCUT2D eigenvalue weighted by Gasteiger charge is 2.50. The molecule has 2 aromatic rings. The molecular formula is C24H28FN5O3. The van der Waals surface area contributed by atoms with E-state index in [1.165, 1.54) is 22.0 Å². The van der Waals surface area contributed by atoms with Gasteiger partial charge in [-0.15, -0.1) is 0 Å². The summed E-state index contributed by atoms with van der Waals surface area (Å²) in [7, 11) is 1.68. The van der Waals surface area contributed by atoms with Crippen molar-refractivity contribution in [2.24, 2.45) is 0 Å². The van der Waals surface area contributed by atoms with Crippen LogP contribution in [0.4, 0.5) is 9.18 Å². The molecule has 2 heterocycles. The smallest absolute Gasteiger partial charge is 0.333 e. The summed E-state index contributed by atoms with van der Waals surface area (Å²) in [6.07, 6.45) is -0.636. The molecule has 0 saturated carbocycles. The average molecular weight is 454 g/mol. The molecule has 2 aliphatic rings. The van der Waals surface area contributed by atoms with Crippen molar-refractivity contribution in [3.63, 3.8) is 0 Å². The van der Waals surface area contributed by atoms with E-state index in [4.69, 9.17) is 0 Å². The first-order valence-electron chi connectivity index (χ1n) is 11.0. The summed E-state index contributed by atoms with van der Waals surface area (Å²) >= 11 is 0. The molecule has 9 heteroatoms. The number of carbonyl (C=O) groups excluding carboxylic acids is 3. The minimum absolute atomic E-state index is 0.00761. The maximum absolute atomic E-state index is 13.2. The van der Waals surface area contributed by atoms with Crippen LogP contribution >= 0.6 is 0 Å². The quantitative estimate of drug-likeness (QED) is 0.771. The molecule has 0 radical (unpaired) electrons. The Labute approximate surface area is 192 Å². The zero-order valence-electron chi connectivity index (χ0n) is 18.9. The highest BCUT2D eigenvalue weighted by molar-refractivity contribution is 5.91. The minimum atomic E-state index is -0.691. The van der Waals surface area contributed by atoms with E-state index in [0.29, 0.717) is 0 Å². The van der Waals surface area contributed by atoms with Crippen molar-refractivity contribution in [3.05, 3.63) is 71.5 Å². The van der Waals surface area contributed by atoms with E-state index in [1.54, 1.807) is 36.0 Å². The van der Waals surface area contributed by atoms with Crippen molar-refractivity contribution in [2.75, 3.05) is 20.1 Å². The van der Waals surface area contributed by atoms with Gasteiger partial charge in [-0.1, -0.05) is 42.5 Å². The number of halogens is 1. The number of hydrazine groups is 1. The monoisotopic (exact) mass is 453 g/mol. The lowest BCUT2D eigenvalue weighted by Crippen LogP contribution is -2.75. The number of nitrogens with zero attached hydrogens (tertiary/aromatic N) is 4. The number of amides is 4. The molecule has 2 fully saturated rings. The average Bonchev–Trinajstić information content (AvgIpc) is 2.80. The van der Waals surface area contributed by atoms with Gasteiger partial charge >= 0.3 is 6.03 Å². The Morgan fingerprint density at radius 1 is 1.12 bits per heavy atom. The fraction of sp³-hybridized carbons (Fsp3) is 0.375. The van der Waals surface area contributed by atoms with Crippen molar-refractivity contribution < 1.29 is 18.8 Å². The van der Waals surface area contributed by atoms with Crippen LogP contribution in [0.3, 0.4) is 0 Å². The normalized spacial score (nSPS) is 22.2. The van der Waals surface area contributed by atoms with Crippen LogP contribution in [0, 0.1) is 5.82 Å². The summed E-state index contributed by atoms with van der Waals surface area (Å²) in [4.78, 5) is 42.5. The second kappa shape index (κ2) is 9.19. The highest BCUT2D eigenvalue weighted by Crippen LogP contribution is 2.30. The van der Waals surface area contributed by atoms with Crippen molar-refractivity contribution >= 4 is 17.8 Å². The van der Waals surface area contributed by atoms with Gasteiger partial charge in [-0.3, -0.25) is 9.59 Å². The second-order valence-corrected chi connectivity index (χ2v) is 8.48. The Hall–Kier alpha value is -3.46. The summed E-state index contributed by atoms with van der Waals surface area (Å²) < 4.78 is 13.2. The molecule has 33 heavy (non-hydrogen) atoms. The molecule has 3 atom stereocenters. The number of carbonyl (C=O) groups is 3. The molecule has 0 aromatic heterocycles. The Kier molecular flexibility index (Phi) is 6.33. The lowest BCUT2D eigenvalue weighted by Gasteiger charge is -2.54. The van der Waals surface area contributed by atoms with E-state index in [-0.39, 0.29) is 43.3 Å². The third-order valence-electron chi connectivity index (χ3n) is 6.36. The van der Waals surface area contributed by atoms with Crippen LogP contribution in [0.25, 0.3) is 0 Å². The predicted molar refractivity (Wildman–Crippen MR) is 120 cm³/mol. The van der Waals surface area contributed by atoms with Crippen LogP contribution in [0.1, 0.15) is 31.0 Å². The van der Waals surface area contributed by atoms with E-state index in [0.717, 1.165) is 11.1 Å². The number of piperazine rings is 1. The number of urea groups is 1. The van der Waals surface area contributed by atoms with Gasteiger partial charge in [0.05, 0.1) is 19.1 Å². The molecule has 0 spiro atoms. The van der Waals surface area contributed by atoms with Gasteiger partial charge in [-0.2, -0.15) is 0 Å². The van der Waals surface area contributed by atoms with Gasteiger partial charge in [-0.25, -0.2) is 19.2 Å². The Morgan fingerprint density at radius 3 is 2.45 bits per heavy atom. The van der Waals surface area contributed by atoms with Crippen LogP contribution in [0.5, 0.6) is 0 Å². The molecule has 2 aromatic carbocycles. The highest BCUT2D eigenvalue weighted by atomic mass is 19.1. The number of rotatable bonds is 4. The van der Waals surface area contributed by atoms with Gasteiger partial charge in [0.25, 0.3) is 0 Å². The lowest BCUT2D eigenvalue weighted by molar-refractivity contribution is -0.187. The zero-order chi connectivity index (χ0) is 23.7. The standard InChI is InChI=1S/C24H28FN5O3/c1-16(19-7-5-4-6-8-19)28-14-21-29(17(2)23(28)32)22(31)15-27(3)30(21)24(33)26-13-18-9-11-20(25)12-10-18/h4-12,16-17,21H,13-15H2,1-3H3,(H,26,33)/t16-,17-,21-/m0/s1. The van der Waals surface area contributed by atoms with Crippen molar-refractivity contribution in [1.29, 1.82) is 0 Å². The fourth-order valence-corrected chi connectivity index (χ4v) is 4.54. The lowest BCUT2D eigenvalue weighted by atomic mass is 10.0. The van der Waals surface area contributed by atoms with Crippen LogP contribution in [0.2, 0.25) is 0 Å². The number of nitrogens with one attached hydrogen (secondary N) is 1. The molecule has 2 saturated heterocycles. The molecule has 0 unspecified atom stereocenters. The van der Waals surface area contributed by atoms with E-state index in [9.17, 15) is 18.8 Å². The first-order chi connectivity index (χ1) is 15.8. The maximum Gasteiger partial charge on any atom is 0.334 e. The third kappa shape index (κ3) is 4.41. The Morgan fingerprint density at radius 2 is 1.79 bits per heavy atom. The van der Waals surface area contributed by atoms with Crippen LogP contribution in [-0.2, 0) is 16.1 Å². The molecule has 4 amide bonds. The van der Waals surface area contributed by atoms with Crippen LogP contribution < -0.4 is 5.32 Å². The fourth-order valence-electron chi connectivity index (χ4n) is 4.54. The summed E-state index contributed by atoms with van der Waals surface area (Å²) in [6.45, 7) is 4.05. The van der Waals surface area contributed by atoms with Crippen molar-refractivity contribution in [3.8, 4) is 0 Å². The molecule has 0 bridgehead atoms. The number of hydrogen-bond acceptors (Lipinski definition) is 4. The first kappa shape index (κ1) is 22.7. The van der Waals surface area contributed by atoms with Crippen LogP contribution in [0.15, 0.2) is 54.6 Å². The van der Waals surface area contributed by atoms with Crippen LogP contribution in [-0.4, -0.2) is 70.0 Å². The van der Waals surface area contributed by atoms with Gasteiger partial charge < -0.3 is 15.1 Å².